The van der Waals surface area contributed by atoms with Crippen LogP contribution in [-0.2, 0) is 4.79 Å². The van der Waals surface area contributed by atoms with Gasteiger partial charge in [-0.25, -0.2) is 0 Å². The van der Waals surface area contributed by atoms with Crippen molar-refractivity contribution >= 4 is 11.6 Å². The van der Waals surface area contributed by atoms with Gasteiger partial charge in [0.1, 0.15) is 0 Å². The third-order valence-corrected chi connectivity index (χ3v) is 3.50. The van der Waals surface area contributed by atoms with Crippen molar-refractivity contribution in [3.63, 3.8) is 0 Å². The van der Waals surface area contributed by atoms with E-state index in [9.17, 15) is 4.79 Å². The van der Waals surface area contributed by atoms with Crippen molar-refractivity contribution in [1.82, 2.24) is 5.32 Å². The third kappa shape index (κ3) is 4.43. The van der Waals surface area contributed by atoms with E-state index in [1.807, 2.05) is 55.5 Å². The first-order valence-corrected chi connectivity index (χ1v) is 7.37. The molecule has 3 heteroatoms. The third-order valence-electron chi connectivity index (χ3n) is 3.50. The van der Waals surface area contributed by atoms with Crippen LogP contribution in [0.1, 0.15) is 31.9 Å². The molecule has 21 heavy (non-hydrogen) atoms. The van der Waals surface area contributed by atoms with Gasteiger partial charge >= 0.3 is 0 Å². The fourth-order valence-corrected chi connectivity index (χ4v) is 2.28. The molecule has 2 N–H and O–H groups in total. The number of hydrogen-bond donors (Lipinski definition) is 2. The van der Waals surface area contributed by atoms with Gasteiger partial charge < -0.3 is 5.32 Å². The molecule has 2 aromatic rings. The Morgan fingerprint density at radius 1 is 1.00 bits per heavy atom. The molecule has 0 heterocycles. The standard InChI is InChI=1S/C18H22N2O/c1-3-17(15-10-6-4-7-11-15)19-14(2)18(21)20-16-12-8-5-9-13-16/h4-14,17,19H,3H2,1-2H3,(H,20,21). The predicted octanol–water partition coefficient (Wildman–Crippen LogP) is 3.75. The lowest BCUT2D eigenvalue weighted by atomic mass is 10.0. The number of anilines is 1. The largest absolute Gasteiger partial charge is 0.325 e. The van der Waals surface area contributed by atoms with E-state index in [1.54, 1.807) is 0 Å². The molecule has 0 aliphatic heterocycles. The first-order chi connectivity index (χ1) is 10.2. The topological polar surface area (TPSA) is 41.1 Å². The molecule has 2 aromatic carbocycles. The molecule has 3 nitrogen and oxygen atoms in total. The second kappa shape index (κ2) is 7.60. The summed E-state index contributed by atoms with van der Waals surface area (Å²) in [6.07, 6.45) is 0.937. The van der Waals surface area contributed by atoms with Gasteiger partial charge in [0.25, 0.3) is 0 Å². The van der Waals surface area contributed by atoms with E-state index in [1.165, 1.54) is 5.56 Å². The monoisotopic (exact) mass is 282 g/mol. The summed E-state index contributed by atoms with van der Waals surface area (Å²) in [6, 6.07) is 19.7. The SMILES string of the molecule is CCC(NC(C)C(=O)Nc1ccccc1)c1ccccc1. The zero-order chi connectivity index (χ0) is 15.1. The lowest BCUT2D eigenvalue weighted by Gasteiger charge is -2.22. The molecule has 0 aromatic heterocycles. The highest BCUT2D eigenvalue weighted by Crippen LogP contribution is 2.17. The number of nitrogens with one attached hydrogen (secondary N) is 2. The number of carbonyl (C=O) groups excluding carboxylic acids is 1. The van der Waals surface area contributed by atoms with Gasteiger partial charge in [-0.3, -0.25) is 10.1 Å². The lowest BCUT2D eigenvalue weighted by Crippen LogP contribution is -2.40. The molecule has 0 aliphatic carbocycles. The summed E-state index contributed by atoms with van der Waals surface area (Å²) in [5, 5.41) is 6.31. The van der Waals surface area contributed by atoms with Crippen molar-refractivity contribution in [2.24, 2.45) is 0 Å². The molecule has 2 unspecified atom stereocenters. The Labute approximate surface area is 126 Å². The lowest BCUT2D eigenvalue weighted by molar-refractivity contribution is -0.118. The van der Waals surface area contributed by atoms with Crippen molar-refractivity contribution in [1.29, 1.82) is 0 Å². The number of hydrogen-bond acceptors (Lipinski definition) is 2. The van der Waals surface area contributed by atoms with Crippen LogP contribution in [-0.4, -0.2) is 11.9 Å². The van der Waals surface area contributed by atoms with Crippen LogP contribution < -0.4 is 10.6 Å². The highest BCUT2D eigenvalue weighted by atomic mass is 16.2. The predicted molar refractivity (Wildman–Crippen MR) is 87.1 cm³/mol. The van der Waals surface area contributed by atoms with Crippen LogP contribution in [0.3, 0.4) is 0 Å². The van der Waals surface area contributed by atoms with Crippen molar-refractivity contribution in [2.45, 2.75) is 32.4 Å². The zero-order valence-electron chi connectivity index (χ0n) is 12.5. The molecule has 0 spiro atoms. The first kappa shape index (κ1) is 15.3. The van der Waals surface area contributed by atoms with Gasteiger partial charge in [0.15, 0.2) is 0 Å². The molecule has 110 valence electrons. The summed E-state index contributed by atoms with van der Waals surface area (Å²) < 4.78 is 0. The Balaban J connectivity index is 1.96. The van der Waals surface area contributed by atoms with E-state index < -0.39 is 0 Å². The number of benzene rings is 2. The fraction of sp³-hybridized carbons (Fsp3) is 0.278. The van der Waals surface area contributed by atoms with Crippen molar-refractivity contribution in [2.75, 3.05) is 5.32 Å². The van der Waals surface area contributed by atoms with Gasteiger partial charge in [-0.1, -0.05) is 55.5 Å². The Bertz CT molecular complexity index is 554. The van der Waals surface area contributed by atoms with Crippen molar-refractivity contribution < 1.29 is 4.79 Å². The first-order valence-electron chi connectivity index (χ1n) is 7.37. The zero-order valence-corrected chi connectivity index (χ0v) is 12.5. The van der Waals surface area contributed by atoms with Gasteiger partial charge in [-0.05, 0) is 31.0 Å². The van der Waals surface area contributed by atoms with Crippen LogP contribution in [0.5, 0.6) is 0 Å². The fourth-order valence-electron chi connectivity index (χ4n) is 2.28. The molecule has 0 fully saturated rings. The summed E-state index contributed by atoms with van der Waals surface area (Å²) in [7, 11) is 0. The molecule has 2 atom stereocenters. The molecular formula is C18H22N2O. The minimum absolute atomic E-state index is 0.0180. The molecule has 0 bridgehead atoms. The van der Waals surface area contributed by atoms with Crippen LogP contribution in [0.25, 0.3) is 0 Å². The summed E-state index contributed by atoms with van der Waals surface area (Å²) in [4.78, 5) is 12.2. The molecule has 0 radical (unpaired) electrons. The van der Waals surface area contributed by atoms with Gasteiger partial charge in [0, 0.05) is 11.7 Å². The summed E-state index contributed by atoms with van der Waals surface area (Å²) in [6.45, 7) is 4.01. The average Bonchev–Trinajstić information content (AvgIpc) is 2.54. The average molecular weight is 282 g/mol. The van der Waals surface area contributed by atoms with E-state index >= 15 is 0 Å². The Morgan fingerprint density at radius 2 is 1.57 bits per heavy atom. The van der Waals surface area contributed by atoms with Gasteiger partial charge in [0.05, 0.1) is 6.04 Å². The second-order valence-corrected chi connectivity index (χ2v) is 5.12. The smallest absolute Gasteiger partial charge is 0.241 e. The summed E-state index contributed by atoms with van der Waals surface area (Å²) in [5.74, 6) is -0.0180. The maximum Gasteiger partial charge on any atom is 0.241 e. The molecule has 1 amide bonds. The highest BCUT2D eigenvalue weighted by Gasteiger charge is 2.17. The highest BCUT2D eigenvalue weighted by molar-refractivity contribution is 5.94. The van der Waals surface area contributed by atoms with Crippen LogP contribution in [0, 0.1) is 0 Å². The quantitative estimate of drug-likeness (QED) is 0.847. The molecule has 0 aliphatic rings. The summed E-state index contributed by atoms with van der Waals surface area (Å²) in [5.41, 5.74) is 2.03. The number of carbonyl (C=O) groups is 1. The molecule has 0 saturated carbocycles. The Morgan fingerprint density at radius 3 is 2.14 bits per heavy atom. The molecule has 2 rings (SSSR count). The Hall–Kier alpha value is -2.13. The number of rotatable bonds is 6. The van der Waals surface area contributed by atoms with E-state index in [2.05, 4.69) is 29.7 Å². The maximum absolute atomic E-state index is 12.2. The minimum Gasteiger partial charge on any atom is -0.325 e. The van der Waals surface area contributed by atoms with Crippen molar-refractivity contribution in [3.05, 3.63) is 66.2 Å². The van der Waals surface area contributed by atoms with Gasteiger partial charge in [-0.15, -0.1) is 0 Å². The maximum atomic E-state index is 12.2. The van der Waals surface area contributed by atoms with Crippen LogP contribution >= 0.6 is 0 Å². The van der Waals surface area contributed by atoms with Gasteiger partial charge in [0.2, 0.25) is 5.91 Å². The minimum atomic E-state index is -0.254. The van der Waals surface area contributed by atoms with Gasteiger partial charge in [-0.2, -0.15) is 0 Å². The Kier molecular flexibility index (Phi) is 5.52. The van der Waals surface area contributed by atoms with Crippen molar-refractivity contribution in [3.8, 4) is 0 Å². The second-order valence-electron chi connectivity index (χ2n) is 5.12. The van der Waals surface area contributed by atoms with E-state index in [4.69, 9.17) is 0 Å². The number of amides is 1. The summed E-state index contributed by atoms with van der Waals surface area (Å²) >= 11 is 0. The molecule has 0 saturated heterocycles. The number of para-hydroxylation sites is 1. The van der Waals surface area contributed by atoms with E-state index in [-0.39, 0.29) is 18.0 Å². The van der Waals surface area contributed by atoms with Crippen LogP contribution in [0.2, 0.25) is 0 Å². The van der Waals surface area contributed by atoms with Crippen LogP contribution in [0.4, 0.5) is 5.69 Å². The molecular weight excluding hydrogens is 260 g/mol. The van der Waals surface area contributed by atoms with E-state index in [0.717, 1.165) is 12.1 Å². The van der Waals surface area contributed by atoms with E-state index in [0.29, 0.717) is 0 Å². The normalized spacial score (nSPS) is 13.4. The van der Waals surface area contributed by atoms with Crippen LogP contribution in [0.15, 0.2) is 60.7 Å².